The predicted molar refractivity (Wildman–Crippen MR) is 186 cm³/mol. The van der Waals surface area contributed by atoms with E-state index in [1.165, 1.54) is 0 Å². The zero-order valence-electron chi connectivity index (χ0n) is 30.3. The molecule has 3 amide bonds. The van der Waals surface area contributed by atoms with Crippen molar-refractivity contribution in [2.75, 3.05) is 13.1 Å². The number of nitrogens with zero attached hydrogens (tertiary/aromatic N) is 1. The second kappa shape index (κ2) is 20.5. The van der Waals surface area contributed by atoms with Gasteiger partial charge in [-0.05, 0) is 71.9 Å². The highest BCUT2D eigenvalue weighted by atomic mass is 16.6. The zero-order chi connectivity index (χ0) is 38.0. The Morgan fingerprint density at radius 2 is 1.04 bits per heavy atom. The fourth-order valence-corrected chi connectivity index (χ4v) is 4.56. The Labute approximate surface area is 299 Å². The second-order valence-corrected chi connectivity index (χ2v) is 13.8. The first-order valence-corrected chi connectivity index (χ1v) is 16.8. The van der Waals surface area contributed by atoms with Crippen molar-refractivity contribution in [3.8, 4) is 0 Å². The van der Waals surface area contributed by atoms with Crippen LogP contribution in [0.5, 0.6) is 0 Å². The third-order valence-corrected chi connectivity index (χ3v) is 6.87. The summed E-state index contributed by atoms with van der Waals surface area (Å²) in [5.41, 5.74) is 0.181. The summed E-state index contributed by atoms with van der Waals surface area (Å²) in [4.78, 5) is 73.4. The molecule has 1 aliphatic heterocycles. The van der Waals surface area contributed by atoms with Crippen LogP contribution in [0.2, 0.25) is 0 Å². The lowest BCUT2D eigenvalue weighted by Gasteiger charge is -2.31. The standard InChI is InChI=1S/C21H30N2O5.C16H21NO6/c1-21(2,3)28-20(26)22-17(19(25)23-12-8-5-9-13-23)14-18(24)27-15-16-10-6-4-7-11-16;1-16(2,3)23-15(21)17-12(14(19)20)9-13(18)22-10-11-7-5-4-6-8-11/h4,6-7,10-11,17H,5,8-9,12-15H2,1-3H3,(H,22,26);4-8,12H,9-10H2,1-3H3,(H,17,21)(H,19,20)/t17-;12-/m00/s1. The van der Waals surface area contributed by atoms with Crippen LogP contribution in [-0.2, 0) is 51.3 Å². The average Bonchev–Trinajstić information content (AvgIpc) is 3.05. The number of piperidine rings is 1. The number of hydrogen-bond donors (Lipinski definition) is 3. The minimum atomic E-state index is -1.41. The molecule has 2 aromatic rings. The van der Waals surface area contributed by atoms with E-state index in [0.29, 0.717) is 13.1 Å². The zero-order valence-corrected chi connectivity index (χ0v) is 30.3. The van der Waals surface area contributed by atoms with Gasteiger partial charge in [-0.25, -0.2) is 14.4 Å². The monoisotopic (exact) mass is 713 g/mol. The van der Waals surface area contributed by atoms with Crippen LogP contribution in [0.15, 0.2) is 60.7 Å². The number of carboxylic acids is 1. The van der Waals surface area contributed by atoms with E-state index in [1.54, 1.807) is 70.7 Å². The van der Waals surface area contributed by atoms with Gasteiger partial charge in [0.15, 0.2) is 0 Å². The quantitative estimate of drug-likeness (QED) is 0.196. The topological polar surface area (TPSA) is 187 Å². The van der Waals surface area contributed by atoms with Crippen LogP contribution in [0.25, 0.3) is 0 Å². The molecule has 0 aromatic heterocycles. The van der Waals surface area contributed by atoms with Crippen molar-refractivity contribution in [2.45, 2.75) is 110 Å². The van der Waals surface area contributed by atoms with Gasteiger partial charge in [0.1, 0.15) is 36.5 Å². The molecule has 1 fully saturated rings. The van der Waals surface area contributed by atoms with E-state index >= 15 is 0 Å². The lowest BCUT2D eigenvalue weighted by Crippen LogP contribution is -2.51. The molecule has 51 heavy (non-hydrogen) atoms. The van der Waals surface area contributed by atoms with Crippen molar-refractivity contribution in [3.05, 3.63) is 71.8 Å². The molecule has 2 atom stereocenters. The van der Waals surface area contributed by atoms with Crippen molar-refractivity contribution in [3.63, 3.8) is 0 Å². The minimum Gasteiger partial charge on any atom is -0.480 e. The molecule has 0 unspecified atom stereocenters. The first kappa shape index (κ1) is 42.0. The molecule has 0 saturated carbocycles. The molecule has 3 rings (SSSR count). The summed E-state index contributed by atoms with van der Waals surface area (Å²) in [6, 6.07) is 15.9. The molecule has 2 aromatic carbocycles. The third-order valence-electron chi connectivity index (χ3n) is 6.87. The molecule has 1 heterocycles. The van der Waals surface area contributed by atoms with Crippen LogP contribution in [0, 0.1) is 0 Å². The van der Waals surface area contributed by atoms with E-state index in [9.17, 15) is 28.8 Å². The molecule has 14 nitrogen and oxygen atoms in total. The number of aliphatic carboxylic acids is 1. The maximum Gasteiger partial charge on any atom is 0.408 e. The molecule has 1 saturated heterocycles. The Hall–Kier alpha value is -5.14. The molecule has 0 radical (unpaired) electrons. The minimum absolute atomic E-state index is 0.0401. The van der Waals surface area contributed by atoms with Gasteiger partial charge in [-0.3, -0.25) is 14.4 Å². The Bertz CT molecular complexity index is 1430. The van der Waals surface area contributed by atoms with Crippen LogP contribution >= 0.6 is 0 Å². The largest absolute Gasteiger partial charge is 0.480 e. The van der Waals surface area contributed by atoms with Gasteiger partial charge < -0.3 is 39.6 Å². The number of alkyl carbamates (subject to hydrolysis) is 2. The number of carboxylic acid groups (broad SMARTS) is 1. The number of carbonyl (C=O) groups is 6. The molecule has 0 aliphatic carbocycles. The SMILES string of the molecule is CC(C)(C)OC(=O)N[C@@H](CC(=O)OCc1ccccc1)C(=O)N1CCCCC1.CC(C)(C)OC(=O)N[C@@H](CC(=O)OCc1ccccc1)C(=O)O. The summed E-state index contributed by atoms with van der Waals surface area (Å²) >= 11 is 0. The van der Waals surface area contributed by atoms with Gasteiger partial charge in [-0.2, -0.15) is 0 Å². The van der Waals surface area contributed by atoms with Gasteiger partial charge in [-0.1, -0.05) is 60.7 Å². The molecule has 14 heteroatoms. The molecule has 0 bridgehead atoms. The van der Waals surface area contributed by atoms with Gasteiger partial charge in [0.25, 0.3) is 0 Å². The third kappa shape index (κ3) is 18.4. The summed E-state index contributed by atoms with van der Waals surface area (Å²) in [6.45, 7) is 11.6. The first-order chi connectivity index (χ1) is 23.9. The summed E-state index contributed by atoms with van der Waals surface area (Å²) in [5, 5.41) is 13.8. The van der Waals surface area contributed by atoms with Crippen molar-refractivity contribution in [1.29, 1.82) is 0 Å². The van der Waals surface area contributed by atoms with E-state index in [2.05, 4.69) is 10.6 Å². The lowest BCUT2D eigenvalue weighted by atomic mass is 10.1. The molecule has 1 aliphatic rings. The number of benzene rings is 2. The van der Waals surface area contributed by atoms with Gasteiger partial charge >= 0.3 is 30.1 Å². The number of ether oxygens (including phenoxy) is 4. The predicted octanol–water partition coefficient (Wildman–Crippen LogP) is 5.12. The van der Waals surface area contributed by atoms with E-state index in [1.807, 2.05) is 36.4 Å². The smallest absolute Gasteiger partial charge is 0.408 e. The van der Waals surface area contributed by atoms with Gasteiger partial charge in [0, 0.05) is 13.1 Å². The first-order valence-electron chi connectivity index (χ1n) is 16.8. The molecule has 280 valence electrons. The second-order valence-electron chi connectivity index (χ2n) is 13.8. The van der Waals surface area contributed by atoms with Gasteiger partial charge in [0.05, 0.1) is 12.8 Å². The fourth-order valence-electron chi connectivity index (χ4n) is 4.56. The Morgan fingerprint density at radius 3 is 1.43 bits per heavy atom. The lowest BCUT2D eigenvalue weighted by molar-refractivity contribution is -0.150. The Kier molecular flexibility index (Phi) is 16.9. The number of nitrogens with one attached hydrogen (secondary N) is 2. The summed E-state index contributed by atoms with van der Waals surface area (Å²) < 4.78 is 20.5. The van der Waals surface area contributed by atoms with Crippen molar-refractivity contribution in [2.24, 2.45) is 0 Å². The summed E-state index contributed by atoms with van der Waals surface area (Å²) in [5.74, 6) is -2.89. The van der Waals surface area contributed by atoms with Crippen molar-refractivity contribution >= 4 is 36.0 Å². The van der Waals surface area contributed by atoms with Crippen LogP contribution in [0.4, 0.5) is 9.59 Å². The summed E-state index contributed by atoms with van der Waals surface area (Å²) in [6.07, 6.45) is 0.572. The van der Waals surface area contributed by atoms with E-state index in [4.69, 9.17) is 24.1 Å². The number of amides is 3. The van der Waals surface area contributed by atoms with Crippen LogP contribution < -0.4 is 10.6 Å². The Balaban J connectivity index is 0.000000361. The highest BCUT2D eigenvalue weighted by molar-refractivity contribution is 5.90. The van der Waals surface area contributed by atoms with E-state index in [0.717, 1.165) is 30.4 Å². The van der Waals surface area contributed by atoms with Gasteiger partial charge in [0.2, 0.25) is 5.91 Å². The van der Waals surface area contributed by atoms with Gasteiger partial charge in [-0.15, -0.1) is 0 Å². The molecular weight excluding hydrogens is 662 g/mol. The average molecular weight is 714 g/mol. The summed E-state index contributed by atoms with van der Waals surface area (Å²) in [7, 11) is 0. The van der Waals surface area contributed by atoms with Crippen molar-refractivity contribution < 1.29 is 52.8 Å². The highest BCUT2D eigenvalue weighted by Gasteiger charge is 2.31. The molecular formula is C37H51N3O11. The maximum absolute atomic E-state index is 12.9. The number of esters is 2. The molecule has 3 N–H and O–H groups in total. The van der Waals surface area contributed by atoms with Crippen molar-refractivity contribution in [1.82, 2.24) is 15.5 Å². The number of hydrogen-bond acceptors (Lipinski definition) is 10. The molecule has 0 spiro atoms. The van der Waals surface area contributed by atoms with E-state index in [-0.39, 0.29) is 25.5 Å². The highest BCUT2D eigenvalue weighted by Crippen LogP contribution is 2.14. The maximum atomic E-state index is 12.9. The van der Waals surface area contributed by atoms with Crippen LogP contribution in [-0.4, -0.2) is 82.4 Å². The fraction of sp³-hybridized carbons (Fsp3) is 0.514. The van der Waals surface area contributed by atoms with Crippen LogP contribution in [0.1, 0.15) is 84.8 Å². The number of carbonyl (C=O) groups excluding carboxylic acids is 5. The number of rotatable bonds is 12. The number of likely N-dealkylation sites (tertiary alicyclic amines) is 1. The van der Waals surface area contributed by atoms with Crippen LogP contribution in [0.3, 0.4) is 0 Å². The normalized spacial score (nSPS) is 14.0. The van der Waals surface area contributed by atoms with E-state index < -0.39 is 59.8 Å². The Morgan fingerprint density at radius 1 is 0.647 bits per heavy atom.